The largest absolute Gasteiger partial charge is 0.480 e. The van der Waals surface area contributed by atoms with Crippen LogP contribution in [0, 0.1) is 0 Å². The summed E-state index contributed by atoms with van der Waals surface area (Å²) in [4.78, 5) is 65.3. The summed E-state index contributed by atoms with van der Waals surface area (Å²) in [6.07, 6.45) is 3.63. The van der Waals surface area contributed by atoms with Gasteiger partial charge in [0.1, 0.15) is 24.2 Å². The molecule has 0 unspecified atom stereocenters. The number of hydrogen-bond donors (Lipinski definition) is 5. The Balaban J connectivity index is 2.03. The van der Waals surface area contributed by atoms with Gasteiger partial charge in [-0.25, -0.2) is 4.79 Å². The summed E-state index contributed by atoms with van der Waals surface area (Å²) in [5, 5.41) is 14.7. The first-order valence-electron chi connectivity index (χ1n) is 12.0. The van der Waals surface area contributed by atoms with Crippen molar-refractivity contribution in [2.45, 2.75) is 89.0 Å². The summed E-state index contributed by atoms with van der Waals surface area (Å²) in [6.45, 7) is 4.23. The first-order valence-corrected chi connectivity index (χ1v) is 12.0. The molecule has 2 fully saturated rings. The zero-order valence-electron chi connectivity index (χ0n) is 20.0. The summed E-state index contributed by atoms with van der Waals surface area (Å²) < 4.78 is 0. The predicted molar refractivity (Wildman–Crippen MR) is 123 cm³/mol. The maximum Gasteiger partial charge on any atom is 0.326 e. The smallest absolute Gasteiger partial charge is 0.326 e. The van der Waals surface area contributed by atoms with Gasteiger partial charge in [0.25, 0.3) is 0 Å². The van der Waals surface area contributed by atoms with E-state index in [4.69, 9.17) is 11.5 Å². The van der Waals surface area contributed by atoms with Crippen LogP contribution in [0.4, 0.5) is 0 Å². The van der Waals surface area contributed by atoms with Gasteiger partial charge in [0.15, 0.2) is 0 Å². The van der Waals surface area contributed by atoms with E-state index in [0.29, 0.717) is 64.6 Å². The van der Waals surface area contributed by atoms with Gasteiger partial charge in [0, 0.05) is 13.1 Å². The summed E-state index contributed by atoms with van der Waals surface area (Å²) >= 11 is 0. The SMILES string of the molecule is C[C@H](N)C(=O)N1CCC[C@H]1C(=O)N[C@@H](C)C(=O)N[C@@H](CCCCN)C(=O)N1CCC[C@H]1C(=O)O. The number of aliphatic carboxylic acids is 1. The number of carboxylic acid groups (broad SMARTS) is 1. The van der Waals surface area contributed by atoms with Gasteiger partial charge in [-0.05, 0) is 65.3 Å². The zero-order chi connectivity index (χ0) is 25.4. The van der Waals surface area contributed by atoms with Gasteiger partial charge in [0.2, 0.25) is 23.6 Å². The fourth-order valence-corrected chi connectivity index (χ4v) is 4.47. The number of nitrogens with one attached hydrogen (secondary N) is 2. The highest BCUT2D eigenvalue weighted by Gasteiger charge is 2.39. The molecule has 0 radical (unpaired) electrons. The maximum absolute atomic E-state index is 13.1. The molecule has 2 rings (SSSR count). The molecule has 2 aliphatic rings. The Morgan fingerprint density at radius 3 is 2.09 bits per heavy atom. The molecule has 4 amide bonds. The van der Waals surface area contributed by atoms with E-state index in [2.05, 4.69) is 10.6 Å². The molecule has 0 aromatic carbocycles. The molecular weight excluding hydrogens is 444 g/mol. The minimum absolute atomic E-state index is 0.310. The van der Waals surface area contributed by atoms with E-state index in [-0.39, 0.29) is 5.91 Å². The molecule has 0 aliphatic carbocycles. The number of hydrogen-bond acceptors (Lipinski definition) is 7. The lowest BCUT2D eigenvalue weighted by Gasteiger charge is -2.29. The number of nitrogens with zero attached hydrogens (tertiary/aromatic N) is 2. The molecule has 12 nitrogen and oxygen atoms in total. The highest BCUT2D eigenvalue weighted by atomic mass is 16.4. The minimum atomic E-state index is -1.07. The Morgan fingerprint density at radius 1 is 0.941 bits per heavy atom. The summed E-state index contributed by atoms with van der Waals surface area (Å²) in [6, 6.07) is -4.21. The average molecular weight is 483 g/mol. The quantitative estimate of drug-likeness (QED) is 0.220. The number of likely N-dealkylation sites (tertiary alicyclic amines) is 2. The number of rotatable bonds is 11. The third kappa shape index (κ3) is 6.89. The number of carboxylic acids is 1. The van der Waals surface area contributed by atoms with E-state index in [9.17, 15) is 29.1 Å². The lowest BCUT2D eigenvalue weighted by Crippen LogP contribution is -2.57. The summed E-state index contributed by atoms with van der Waals surface area (Å²) in [5.74, 6) is -2.85. The molecule has 7 N–H and O–H groups in total. The predicted octanol–water partition coefficient (Wildman–Crippen LogP) is -1.48. The lowest BCUT2D eigenvalue weighted by atomic mass is 10.1. The van der Waals surface area contributed by atoms with Crippen LogP contribution in [0.1, 0.15) is 58.8 Å². The van der Waals surface area contributed by atoms with E-state index >= 15 is 0 Å². The number of amides is 4. The molecule has 5 atom stereocenters. The normalized spacial score (nSPS) is 22.7. The molecule has 2 heterocycles. The van der Waals surface area contributed by atoms with Crippen LogP contribution < -0.4 is 22.1 Å². The van der Waals surface area contributed by atoms with Crippen LogP contribution in [0.2, 0.25) is 0 Å². The van der Waals surface area contributed by atoms with Crippen LogP contribution in [0.5, 0.6) is 0 Å². The minimum Gasteiger partial charge on any atom is -0.480 e. The van der Waals surface area contributed by atoms with Crippen LogP contribution in [0.25, 0.3) is 0 Å². The Morgan fingerprint density at radius 2 is 1.53 bits per heavy atom. The average Bonchev–Trinajstić information content (AvgIpc) is 3.47. The van der Waals surface area contributed by atoms with E-state index in [1.807, 2.05) is 0 Å². The van der Waals surface area contributed by atoms with Crippen LogP contribution in [-0.2, 0) is 24.0 Å². The van der Waals surface area contributed by atoms with Crippen LogP contribution in [0.15, 0.2) is 0 Å². The molecule has 0 spiro atoms. The first kappa shape index (κ1) is 27.5. The lowest BCUT2D eigenvalue weighted by molar-refractivity contribution is -0.149. The van der Waals surface area contributed by atoms with Gasteiger partial charge >= 0.3 is 5.97 Å². The van der Waals surface area contributed by atoms with Gasteiger partial charge in [-0.3, -0.25) is 19.2 Å². The van der Waals surface area contributed by atoms with Crippen molar-refractivity contribution >= 4 is 29.6 Å². The number of unbranched alkanes of at least 4 members (excludes halogenated alkanes) is 1. The molecule has 192 valence electrons. The third-order valence-corrected chi connectivity index (χ3v) is 6.36. The van der Waals surface area contributed by atoms with Crippen LogP contribution >= 0.6 is 0 Å². The van der Waals surface area contributed by atoms with Gasteiger partial charge in [-0.2, -0.15) is 0 Å². The Labute approximate surface area is 199 Å². The molecule has 0 aromatic rings. The molecule has 2 saturated heterocycles. The van der Waals surface area contributed by atoms with Crippen molar-refractivity contribution in [2.75, 3.05) is 19.6 Å². The van der Waals surface area contributed by atoms with E-state index < -0.39 is 53.9 Å². The molecule has 34 heavy (non-hydrogen) atoms. The highest BCUT2D eigenvalue weighted by Crippen LogP contribution is 2.20. The Bertz CT molecular complexity index is 775. The topological polar surface area (TPSA) is 188 Å². The second-order valence-corrected chi connectivity index (χ2v) is 9.08. The third-order valence-electron chi connectivity index (χ3n) is 6.36. The molecule has 12 heteroatoms. The van der Waals surface area contributed by atoms with Crippen LogP contribution in [-0.4, -0.2) is 94.3 Å². The van der Waals surface area contributed by atoms with Crippen LogP contribution in [0.3, 0.4) is 0 Å². The Hall–Kier alpha value is -2.73. The zero-order valence-corrected chi connectivity index (χ0v) is 20.0. The van der Waals surface area contributed by atoms with E-state index in [1.54, 1.807) is 6.92 Å². The second-order valence-electron chi connectivity index (χ2n) is 9.08. The van der Waals surface area contributed by atoms with Gasteiger partial charge in [-0.15, -0.1) is 0 Å². The first-order chi connectivity index (χ1) is 16.1. The molecule has 0 aromatic heterocycles. The van der Waals surface area contributed by atoms with E-state index in [0.717, 1.165) is 0 Å². The fraction of sp³-hybridized carbons (Fsp3) is 0.773. The van der Waals surface area contributed by atoms with Crippen molar-refractivity contribution in [3.05, 3.63) is 0 Å². The van der Waals surface area contributed by atoms with Crippen molar-refractivity contribution in [3.8, 4) is 0 Å². The highest BCUT2D eigenvalue weighted by molar-refractivity contribution is 5.95. The van der Waals surface area contributed by atoms with Gasteiger partial charge in [0.05, 0.1) is 6.04 Å². The Kier molecular flexibility index (Phi) is 10.2. The number of nitrogens with two attached hydrogens (primary N) is 2. The standard InChI is InChI=1S/C22H38N6O6/c1-13(24)20(31)27-11-5-8-16(27)19(30)25-14(2)18(29)26-15(7-3-4-10-23)21(32)28-12-6-9-17(28)22(33)34/h13-17H,3-12,23-24H2,1-2H3,(H,25,30)(H,26,29)(H,33,34)/t13-,14-,15-,16-,17-/m0/s1. The number of carbonyl (C=O) groups is 5. The molecule has 0 saturated carbocycles. The van der Waals surface area contributed by atoms with Crippen molar-refractivity contribution < 1.29 is 29.1 Å². The molecule has 0 bridgehead atoms. The summed E-state index contributed by atoms with van der Waals surface area (Å²) in [5.41, 5.74) is 11.2. The second kappa shape index (κ2) is 12.7. The maximum atomic E-state index is 13.1. The fourth-order valence-electron chi connectivity index (χ4n) is 4.47. The van der Waals surface area contributed by atoms with Crippen molar-refractivity contribution in [3.63, 3.8) is 0 Å². The van der Waals surface area contributed by atoms with Crippen molar-refractivity contribution in [1.29, 1.82) is 0 Å². The molecule has 2 aliphatic heterocycles. The van der Waals surface area contributed by atoms with Crippen molar-refractivity contribution in [2.24, 2.45) is 11.5 Å². The number of carbonyl (C=O) groups excluding carboxylic acids is 4. The van der Waals surface area contributed by atoms with E-state index in [1.165, 1.54) is 16.7 Å². The monoisotopic (exact) mass is 482 g/mol. The van der Waals surface area contributed by atoms with Gasteiger partial charge in [-0.1, -0.05) is 0 Å². The molecular formula is C22H38N6O6. The van der Waals surface area contributed by atoms with Gasteiger partial charge < -0.3 is 37.0 Å². The summed E-state index contributed by atoms with van der Waals surface area (Å²) in [7, 11) is 0. The van der Waals surface area contributed by atoms with Crippen molar-refractivity contribution in [1.82, 2.24) is 20.4 Å².